The maximum atomic E-state index is 12.5. The lowest BCUT2D eigenvalue weighted by atomic mass is 10.0. The Morgan fingerprint density at radius 3 is 2.60 bits per heavy atom. The summed E-state index contributed by atoms with van der Waals surface area (Å²) in [6.07, 6.45) is 0.0118. The Kier molecular flexibility index (Phi) is 5.90. The second-order valence-corrected chi connectivity index (χ2v) is 6.93. The number of aromatic amines is 1. The number of aromatic nitrogens is 2. The van der Waals surface area contributed by atoms with Crippen LogP contribution in [0.3, 0.4) is 0 Å². The largest absolute Gasteiger partial charge is 0.481 e. The lowest BCUT2D eigenvalue weighted by Gasteiger charge is -2.11. The van der Waals surface area contributed by atoms with Crippen LogP contribution in [0.25, 0.3) is 11.3 Å². The van der Waals surface area contributed by atoms with E-state index in [1.165, 1.54) is 6.07 Å². The quantitative estimate of drug-likeness (QED) is 0.259. The molecule has 1 aromatic heterocycles. The van der Waals surface area contributed by atoms with Crippen molar-refractivity contribution in [2.24, 2.45) is 11.7 Å². The molecule has 0 radical (unpaired) electrons. The van der Waals surface area contributed by atoms with Gasteiger partial charge in [0.05, 0.1) is 18.0 Å². The maximum Gasteiger partial charge on any atom is 0.304 e. The van der Waals surface area contributed by atoms with Gasteiger partial charge in [-0.05, 0) is 12.5 Å². The topological polar surface area (TPSA) is 191 Å². The number of aliphatic carboxylic acids is 1. The Bertz CT molecular complexity index is 1060. The molecule has 3 rings (SSSR count). The van der Waals surface area contributed by atoms with Crippen LogP contribution in [0.1, 0.15) is 28.8 Å². The first-order valence-corrected chi connectivity index (χ1v) is 9.09. The first-order valence-electron chi connectivity index (χ1n) is 9.09. The normalized spacial score (nSPS) is 17.9. The number of amides is 2. The van der Waals surface area contributed by atoms with E-state index in [2.05, 4.69) is 20.8 Å². The van der Waals surface area contributed by atoms with E-state index >= 15 is 0 Å². The van der Waals surface area contributed by atoms with E-state index in [-0.39, 0.29) is 36.7 Å². The standard InChI is InChI=1S/C19H20N6O5/c20-16(21)10-3-1-9(2-4-10)14-7-13(19(30)25-24-14)18(29)22-8-12-5-11(6-15(26)27)17(28)23-12/h1-4,7,11-12H,5-6,8H2,(H3,20,21)(H,22,29)(H,23,28)(H,25,30)(H,26,27)/t11-,12-/m0/s1. The van der Waals surface area contributed by atoms with Crippen molar-refractivity contribution in [3.05, 3.63) is 51.8 Å². The van der Waals surface area contributed by atoms with Crippen molar-refractivity contribution in [1.82, 2.24) is 20.8 Å². The summed E-state index contributed by atoms with van der Waals surface area (Å²) in [5.74, 6) is -2.79. The highest BCUT2D eigenvalue weighted by molar-refractivity contribution is 5.96. The van der Waals surface area contributed by atoms with Crippen LogP contribution in [0.2, 0.25) is 0 Å². The molecule has 1 saturated heterocycles. The number of nitrogens with two attached hydrogens (primary N) is 1. The van der Waals surface area contributed by atoms with Crippen LogP contribution in [-0.4, -0.2) is 51.5 Å². The van der Waals surface area contributed by atoms with Gasteiger partial charge in [0.1, 0.15) is 11.4 Å². The van der Waals surface area contributed by atoms with Crippen molar-refractivity contribution >= 4 is 23.6 Å². The predicted molar refractivity (Wildman–Crippen MR) is 106 cm³/mol. The Hall–Kier alpha value is -4.02. The Labute approximate surface area is 170 Å². The maximum absolute atomic E-state index is 12.5. The minimum atomic E-state index is -1.06. The molecule has 11 heteroatoms. The lowest BCUT2D eigenvalue weighted by molar-refractivity contribution is -0.140. The zero-order valence-electron chi connectivity index (χ0n) is 15.8. The Morgan fingerprint density at radius 2 is 1.97 bits per heavy atom. The fourth-order valence-electron chi connectivity index (χ4n) is 3.20. The van der Waals surface area contributed by atoms with Gasteiger partial charge < -0.3 is 21.5 Å². The van der Waals surface area contributed by atoms with Crippen LogP contribution in [-0.2, 0) is 9.59 Å². The van der Waals surface area contributed by atoms with Gasteiger partial charge in [0, 0.05) is 23.7 Å². The van der Waals surface area contributed by atoms with Crippen molar-refractivity contribution in [2.75, 3.05) is 6.54 Å². The summed E-state index contributed by atoms with van der Waals surface area (Å²) in [5, 5.41) is 27.7. The van der Waals surface area contributed by atoms with Gasteiger partial charge >= 0.3 is 5.97 Å². The van der Waals surface area contributed by atoms with E-state index in [9.17, 15) is 19.2 Å². The van der Waals surface area contributed by atoms with Crippen LogP contribution < -0.4 is 21.9 Å². The molecule has 11 nitrogen and oxygen atoms in total. The molecule has 2 aromatic rings. The van der Waals surface area contributed by atoms with Crippen LogP contribution >= 0.6 is 0 Å². The molecule has 30 heavy (non-hydrogen) atoms. The van der Waals surface area contributed by atoms with Crippen molar-refractivity contribution in [1.29, 1.82) is 5.41 Å². The summed E-state index contributed by atoms with van der Waals surface area (Å²) in [4.78, 5) is 47.1. The molecular weight excluding hydrogens is 392 g/mol. The second kappa shape index (κ2) is 8.55. The van der Waals surface area contributed by atoms with Crippen molar-refractivity contribution in [3.63, 3.8) is 0 Å². The Balaban J connectivity index is 1.68. The fourth-order valence-corrected chi connectivity index (χ4v) is 3.20. The van der Waals surface area contributed by atoms with Gasteiger partial charge in [-0.1, -0.05) is 24.3 Å². The zero-order chi connectivity index (χ0) is 21.8. The van der Waals surface area contributed by atoms with Gasteiger partial charge in [0.25, 0.3) is 11.5 Å². The molecule has 1 fully saturated rings. The molecule has 2 atom stereocenters. The van der Waals surface area contributed by atoms with E-state index in [1.54, 1.807) is 24.3 Å². The van der Waals surface area contributed by atoms with Crippen LogP contribution in [0, 0.1) is 11.3 Å². The highest BCUT2D eigenvalue weighted by Crippen LogP contribution is 2.19. The predicted octanol–water partition coefficient (Wildman–Crippen LogP) is -0.570. The molecule has 7 N–H and O–H groups in total. The number of carboxylic acids is 1. The first-order chi connectivity index (χ1) is 14.2. The number of H-pyrrole nitrogens is 1. The van der Waals surface area contributed by atoms with Gasteiger partial charge in [-0.25, -0.2) is 5.10 Å². The number of amidine groups is 1. The number of carbonyl (C=O) groups is 3. The van der Waals surface area contributed by atoms with E-state index in [1.807, 2.05) is 0 Å². The molecule has 1 aliphatic heterocycles. The van der Waals surface area contributed by atoms with Crippen LogP contribution in [0.5, 0.6) is 0 Å². The molecule has 2 heterocycles. The third-order valence-corrected chi connectivity index (χ3v) is 4.76. The van der Waals surface area contributed by atoms with Crippen molar-refractivity contribution in [3.8, 4) is 11.3 Å². The van der Waals surface area contributed by atoms with Gasteiger partial charge in [-0.3, -0.25) is 24.6 Å². The summed E-state index contributed by atoms with van der Waals surface area (Å²) in [6, 6.07) is 7.51. The molecule has 1 aromatic carbocycles. The Morgan fingerprint density at radius 1 is 1.27 bits per heavy atom. The van der Waals surface area contributed by atoms with Crippen LogP contribution in [0.4, 0.5) is 0 Å². The molecule has 0 bridgehead atoms. The molecule has 0 spiro atoms. The number of rotatable bonds is 7. The molecule has 2 amide bonds. The minimum absolute atomic E-state index is 0.0606. The minimum Gasteiger partial charge on any atom is -0.481 e. The van der Waals surface area contributed by atoms with Gasteiger partial charge in [-0.15, -0.1) is 0 Å². The highest BCUT2D eigenvalue weighted by Gasteiger charge is 2.33. The molecule has 0 saturated carbocycles. The number of hydrogen-bond acceptors (Lipinski definition) is 6. The smallest absolute Gasteiger partial charge is 0.304 e. The fraction of sp³-hybridized carbons (Fsp3) is 0.263. The SMILES string of the molecule is N=C(N)c1ccc(-c2cc(C(=O)NC[C@@H]3C[C@@H](CC(=O)O)C(=O)N3)c(=O)[nH]n2)cc1. The number of nitrogens with one attached hydrogen (secondary N) is 4. The van der Waals surface area contributed by atoms with E-state index < -0.39 is 29.4 Å². The third-order valence-electron chi connectivity index (χ3n) is 4.76. The summed E-state index contributed by atoms with van der Waals surface area (Å²) in [5.41, 5.74) is 6.10. The summed E-state index contributed by atoms with van der Waals surface area (Å²) in [6.45, 7) is 0.0606. The van der Waals surface area contributed by atoms with Gasteiger partial charge in [-0.2, -0.15) is 5.10 Å². The average Bonchev–Trinajstić information content (AvgIpc) is 3.05. The highest BCUT2D eigenvalue weighted by atomic mass is 16.4. The summed E-state index contributed by atoms with van der Waals surface area (Å²) < 4.78 is 0. The molecular formula is C19H20N6O5. The number of benzene rings is 1. The number of nitrogens with zero attached hydrogens (tertiary/aromatic N) is 1. The monoisotopic (exact) mass is 412 g/mol. The number of carbonyl (C=O) groups excluding carboxylic acids is 2. The molecule has 0 aliphatic carbocycles. The summed E-state index contributed by atoms with van der Waals surface area (Å²) >= 11 is 0. The third kappa shape index (κ3) is 4.69. The molecule has 1 aliphatic rings. The van der Waals surface area contributed by atoms with Crippen LogP contribution in [0.15, 0.2) is 35.1 Å². The van der Waals surface area contributed by atoms with E-state index in [0.29, 0.717) is 16.8 Å². The lowest BCUT2D eigenvalue weighted by Crippen LogP contribution is -2.40. The average molecular weight is 412 g/mol. The van der Waals surface area contributed by atoms with E-state index in [0.717, 1.165) is 0 Å². The number of hydrogen-bond donors (Lipinski definition) is 6. The second-order valence-electron chi connectivity index (χ2n) is 6.93. The van der Waals surface area contributed by atoms with E-state index in [4.69, 9.17) is 16.2 Å². The summed E-state index contributed by atoms with van der Waals surface area (Å²) in [7, 11) is 0. The zero-order valence-corrected chi connectivity index (χ0v) is 15.8. The van der Waals surface area contributed by atoms with Gasteiger partial charge in [0.2, 0.25) is 5.91 Å². The van der Waals surface area contributed by atoms with Crippen molar-refractivity contribution in [2.45, 2.75) is 18.9 Å². The molecule has 0 unspecified atom stereocenters. The molecule has 156 valence electrons. The number of carboxylic acid groups (broad SMARTS) is 1. The first kappa shape index (κ1) is 20.7. The van der Waals surface area contributed by atoms with Crippen molar-refractivity contribution < 1.29 is 19.5 Å². The van der Waals surface area contributed by atoms with Gasteiger partial charge in [0.15, 0.2) is 0 Å². The number of nitrogen functional groups attached to an aromatic ring is 1.